The van der Waals surface area contributed by atoms with E-state index in [1.807, 2.05) is 12.1 Å². The van der Waals surface area contributed by atoms with Gasteiger partial charge in [-0.1, -0.05) is 0 Å². The summed E-state index contributed by atoms with van der Waals surface area (Å²) in [6.07, 6.45) is 1.77. The number of pyridine rings is 1. The van der Waals surface area contributed by atoms with Gasteiger partial charge in [-0.2, -0.15) is 5.26 Å². The topological polar surface area (TPSA) is 61.2 Å². The minimum absolute atomic E-state index is 0.200. The quantitative estimate of drug-likeness (QED) is 0.831. The number of nitrogens with one attached hydrogen (secondary N) is 1. The van der Waals surface area contributed by atoms with Gasteiger partial charge in [-0.3, -0.25) is 0 Å². The molecule has 2 heterocycles. The fourth-order valence-corrected chi connectivity index (χ4v) is 1.77. The second kappa shape index (κ2) is 5.62. The van der Waals surface area contributed by atoms with Gasteiger partial charge < -0.3 is 15.0 Å². The summed E-state index contributed by atoms with van der Waals surface area (Å²) < 4.78 is 5.63. The van der Waals surface area contributed by atoms with Crippen LogP contribution in [0.5, 0.6) is 0 Å². The van der Waals surface area contributed by atoms with Crippen LogP contribution in [0.3, 0.4) is 0 Å². The lowest BCUT2D eigenvalue weighted by atomic mass is 10.2. The summed E-state index contributed by atoms with van der Waals surface area (Å²) in [4.78, 5) is 6.40. The molecule has 1 fully saturated rings. The predicted octanol–water partition coefficient (Wildman–Crippen LogP) is 0.696. The van der Waals surface area contributed by atoms with E-state index in [0.717, 1.165) is 32.1 Å². The molecule has 0 aromatic carbocycles. The molecule has 1 aliphatic rings. The van der Waals surface area contributed by atoms with Gasteiger partial charge in [0.2, 0.25) is 0 Å². The zero-order valence-corrected chi connectivity index (χ0v) is 9.89. The van der Waals surface area contributed by atoms with Crippen LogP contribution in [0, 0.1) is 11.3 Å². The number of ether oxygens (including phenoxy) is 1. The van der Waals surface area contributed by atoms with E-state index < -0.39 is 0 Å². The molecular formula is C12H16N4O. The molecule has 17 heavy (non-hydrogen) atoms. The summed E-state index contributed by atoms with van der Waals surface area (Å²) in [5, 5.41) is 11.9. The average Bonchev–Trinajstić information content (AvgIpc) is 2.37. The highest BCUT2D eigenvalue weighted by molar-refractivity contribution is 5.38. The first-order valence-corrected chi connectivity index (χ1v) is 5.68. The number of aromatic nitrogens is 1. The highest BCUT2D eigenvalue weighted by atomic mass is 16.5. The third kappa shape index (κ3) is 3.41. The Labute approximate surface area is 101 Å². The van der Waals surface area contributed by atoms with Crippen molar-refractivity contribution in [2.75, 3.05) is 38.6 Å². The molecule has 90 valence electrons. The lowest BCUT2D eigenvalue weighted by Crippen LogP contribution is -2.43. The van der Waals surface area contributed by atoms with Crippen molar-refractivity contribution in [3.8, 4) is 6.07 Å². The van der Waals surface area contributed by atoms with Gasteiger partial charge in [-0.25, -0.2) is 4.98 Å². The minimum Gasteiger partial charge on any atom is -0.374 e. The molecule has 1 unspecified atom stereocenters. The lowest BCUT2D eigenvalue weighted by Gasteiger charge is -2.30. The van der Waals surface area contributed by atoms with Crippen LogP contribution in [0.2, 0.25) is 0 Å². The van der Waals surface area contributed by atoms with Gasteiger partial charge in [0, 0.05) is 25.8 Å². The van der Waals surface area contributed by atoms with Crippen LogP contribution in [-0.4, -0.2) is 49.3 Å². The van der Waals surface area contributed by atoms with Crippen LogP contribution >= 0.6 is 0 Å². The predicted molar refractivity (Wildman–Crippen MR) is 64.7 cm³/mol. The number of nitriles is 1. The Bertz CT molecular complexity index is 398. The van der Waals surface area contributed by atoms with Crippen molar-refractivity contribution in [3.63, 3.8) is 0 Å². The Morgan fingerprint density at radius 3 is 3.18 bits per heavy atom. The lowest BCUT2D eigenvalue weighted by molar-refractivity contribution is -0.0117. The number of anilines is 1. The first-order chi connectivity index (χ1) is 8.28. The van der Waals surface area contributed by atoms with Gasteiger partial charge >= 0.3 is 0 Å². The maximum atomic E-state index is 8.66. The van der Waals surface area contributed by atoms with E-state index in [2.05, 4.69) is 22.2 Å². The van der Waals surface area contributed by atoms with Crippen molar-refractivity contribution < 1.29 is 4.74 Å². The highest BCUT2D eigenvalue weighted by Gasteiger charge is 2.17. The molecule has 0 radical (unpaired) electrons. The number of hydrogen-bond donors (Lipinski definition) is 1. The van der Waals surface area contributed by atoms with Gasteiger partial charge in [0.1, 0.15) is 11.9 Å². The number of rotatable bonds is 3. The number of morpholine rings is 1. The van der Waals surface area contributed by atoms with Crippen molar-refractivity contribution >= 4 is 5.82 Å². The number of hydrogen-bond acceptors (Lipinski definition) is 5. The Kier molecular flexibility index (Phi) is 3.91. The molecule has 1 N–H and O–H groups in total. The summed E-state index contributed by atoms with van der Waals surface area (Å²) in [5.41, 5.74) is 0.573. The third-order valence-corrected chi connectivity index (χ3v) is 2.75. The second-order valence-electron chi connectivity index (χ2n) is 4.18. The zero-order valence-electron chi connectivity index (χ0n) is 9.89. The minimum atomic E-state index is 0.200. The van der Waals surface area contributed by atoms with Crippen LogP contribution in [-0.2, 0) is 4.74 Å². The Balaban J connectivity index is 1.83. The normalized spacial score (nSPS) is 20.8. The van der Waals surface area contributed by atoms with Crippen LogP contribution < -0.4 is 5.32 Å². The summed E-state index contributed by atoms with van der Waals surface area (Å²) in [6, 6.07) is 5.61. The fraction of sp³-hybridized carbons (Fsp3) is 0.500. The summed E-state index contributed by atoms with van der Waals surface area (Å²) in [5.74, 6) is 0.779. The van der Waals surface area contributed by atoms with E-state index in [-0.39, 0.29) is 6.10 Å². The largest absolute Gasteiger partial charge is 0.374 e. The number of nitrogens with zero attached hydrogens (tertiary/aromatic N) is 3. The van der Waals surface area contributed by atoms with E-state index in [1.165, 1.54) is 0 Å². The molecule has 1 aromatic rings. The molecule has 0 aliphatic carbocycles. The average molecular weight is 232 g/mol. The van der Waals surface area contributed by atoms with Crippen molar-refractivity contribution in [1.29, 1.82) is 5.26 Å². The van der Waals surface area contributed by atoms with E-state index in [9.17, 15) is 0 Å². The van der Waals surface area contributed by atoms with E-state index in [1.54, 1.807) is 12.3 Å². The zero-order chi connectivity index (χ0) is 12.1. The summed E-state index contributed by atoms with van der Waals surface area (Å²) >= 11 is 0. The second-order valence-corrected chi connectivity index (χ2v) is 4.18. The van der Waals surface area contributed by atoms with Crippen molar-refractivity contribution in [2.45, 2.75) is 6.10 Å². The molecule has 1 aromatic heterocycles. The standard InChI is InChI=1S/C12H16N4O/c1-16-4-5-17-11(9-16)8-15-12-3-2-10(6-13)7-14-12/h2-3,7,11H,4-5,8-9H2,1H3,(H,14,15). The monoisotopic (exact) mass is 232 g/mol. The molecule has 1 aliphatic heterocycles. The molecule has 0 spiro atoms. The molecule has 0 saturated carbocycles. The molecule has 0 amide bonds. The first-order valence-electron chi connectivity index (χ1n) is 5.68. The van der Waals surface area contributed by atoms with Crippen LogP contribution in [0.15, 0.2) is 18.3 Å². The van der Waals surface area contributed by atoms with Crippen molar-refractivity contribution in [2.24, 2.45) is 0 Å². The van der Waals surface area contributed by atoms with E-state index in [4.69, 9.17) is 10.00 Å². The smallest absolute Gasteiger partial charge is 0.126 e. The number of likely N-dealkylation sites (N-methyl/N-ethyl adjacent to an activating group) is 1. The summed E-state index contributed by atoms with van der Waals surface area (Å²) in [7, 11) is 2.09. The summed E-state index contributed by atoms with van der Waals surface area (Å²) in [6.45, 7) is 3.45. The fourth-order valence-electron chi connectivity index (χ4n) is 1.77. The Morgan fingerprint density at radius 1 is 1.65 bits per heavy atom. The van der Waals surface area contributed by atoms with E-state index in [0.29, 0.717) is 5.56 Å². The van der Waals surface area contributed by atoms with Crippen molar-refractivity contribution in [3.05, 3.63) is 23.9 Å². The molecule has 1 atom stereocenters. The van der Waals surface area contributed by atoms with E-state index >= 15 is 0 Å². The van der Waals surface area contributed by atoms with Crippen LogP contribution in [0.1, 0.15) is 5.56 Å². The first kappa shape index (κ1) is 11.8. The van der Waals surface area contributed by atoms with Gasteiger partial charge in [-0.05, 0) is 19.2 Å². The molecular weight excluding hydrogens is 216 g/mol. The molecule has 2 rings (SSSR count). The Hall–Kier alpha value is -1.64. The molecule has 0 bridgehead atoms. The molecule has 1 saturated heterocycles. The Morgan fingerprint density at radius 2 is 2.53 bits per heavy atom. The maximum absolute atomic E-state index is 8.66. The third-order valence-electron chi connectivity index (χ3n) is 2.75. The van der Waals surface area contributed by atoms with Gasteiger partial charge in [0.15, 0.2) is 0 Å². The van der Waals surface area contributed by atoms with Gasteiger partial charge in [0.05, 0.1) is 18.3 Å². The van der Waals surface area contributed by atoms with Crippen LogP contribution in [0.25, 0.3) is 0 Å². The maximum Gasteiger partial charge on any atom is 0.126 e. The highest BCUT2D eigenvalue weighted by Crippen LogP contribution is 2.07. The van der Waals surface area contributed by atoms with Crippen LogP contribution in [0.4, 0.5) is 5.82 Å². The molecule has 5 heteroatoms. The van der Waals surface area contributed by atoms with Gasteiger partial charge in [-0.15, -0.1) is 0 Å². The SMILES string of the molecule is CN1CCOC(CNc2ccc(C#N)cn2)C1. The molecule has 5 nitrogen and oxygen atoms in total. The van der Waals surface area contributed by atoms with Gasteiger partial charge in [0.25, 0.3) is 0 Å². The van der Waals surface area contributed by atoms with Crippen molar-refractivity contribution in [1.82, 2.24) is 9.88 Å².